The molecule has 0 unspecified atom stereocenters. The lowest BCUT2D eigenvalue weighted by Gasteiger charge is -2.27. The number of anilines is 1. The summed E-state index contributed by atoms with van der Waals surface area (Å²) < 4.78 is 1.40. The second-order valence-corrected chi connectivity index (χ2v) is 5.45. The van der Waals surface area contributed by atoms with Gasteiger partial charge in [0.25, 0.3) is 0 Å². The normalized spacial score (nSPS) is 17.9. The Morgan fingerprint density at radius 2 is 2.26 bits per heavy atom. The van der Waals surface area contributed by atoms with Gasteiger partial charge in [-0.1, -0.05) is 19.8 Å². The first-order chi connectivity index (χ1) is 9.22. The van der Waals surface area contributed by atoms with Crippen molar-refractivity contribution in [2.75, 3.05) is 11.9 Å². The van der Waals surface area contributed by atoms with E-state index in [9.17, 15) is 4.79 Å². The number of nitrogens with zero attached hydrogens (tertiary/aromatic N) is 3. The van der Waals surface area contributed by atoms with Crippen molar-refractivity contribution in [1.29, 1.82) is 0 Å². The van der Waals surface area contributed by atoms with Crippen LogP contribution in [0, 0.1) is 5.41 Å². The molecule has 102 valence electrons. The van der Waals surface area contributed by atoms with Crippen LogP contribution in [-0.2, 0) is 0 Å². The molecule has 0 atom stereocenters. The summed E-state index contributed by atoms with van der Waals surface area (Å²) in [6, 6.07) is 1.80. The lowest BCUT2D eigenvalue weighted by atomic mass is 9.83. The van der Waals surface area contributed by atoms with Gasteiger partial charge in [-0.15, -0.1) is 0 Å². The Hall–Kier alpha value is -1.85. The van der Waals surface area contributed by atoms with E-state index in [-0.39, 0.29) is 5.69 Å². The topological polar surface area (TPSA) is 75.1 Å². The second-order valence-electron chi connectivity index (χ2n) is 5.45. The number of fused-ring (bicyclic) bond motifs is 1. The number of hydrogen-bond acceptors (Lipinski definition) is 4. The van der Waals surface area contributed by atoms with Crippen molar-refractivity contribution in [2.45, 2.75) is 39.0 Å². The molecule has 3 rings (SSSR count). The van der Waals surface area contributed by atoms with Gasteiger partial charge in [-0.3, -0.25) is 0 Å². The summed E-state index contributed by atoms with van der Waals surface area (Å²) in [6.07, 6.45) is 7.95. The minimum absolute atomic E-state index is 0.255. The summed E-state index contributed by atoms with van der Waals surface area (Å²) in [4.78, 5) is 15.6. The van der Waals surface area contributed by atoms with Crippen LogP contribution >= 0.6 is 0 Å². The van der Waals surface area contributed by atoms with Crippen LogP contribution in [0.25, 0.3) is 5.65 Å². The zero-order valence-electron chi connectivity index (χ0n) is 11.1. The third-order valence-electron chi connectivity index (χ3n) is 4.37. The van der Waals surface area contributed by atoms with Gasteiger partial charge in [0.05, 0.1) is 0 Å². The number of H-pyrrole nitrogens is 1. The highest BCUT2D eigenvalue weighted by atomic mass is 16.1. The molecule has 0 radical (unpaired) electrons. The van der Waals surface area contributed by atoms with Crippen molar-refractivity contribution in [3.63, 3.8) is 0 Å². The van der Waals surface area contributed by atoms with Gasteiger partial charge in [-0.05, 0) is 24.7 Å². The first-order valence-electron chi connectivity index (χ1n) is 6.89. The van der Waals surface area contributed by atoms with Crippen LogP contribution in [0.5, 0.6) is 0 Å². The SMILES string of the molecule is CCC1(CNc2cc3n[nH]c(=O)n3cn2)CCCC1. The minimum atomic E-state index is -0.255. The molecule has 2 heterocycles. The third-order valence-corrected chi connectivity index (χ3v) is 4.37. The molecular weight excluding hydrogens is 242 g/mol. The predicted molar refractivity (Wildman–Crippen MR) is 73.3 cm³/mol. The lowest BCUT2D eigenvalue weighted by molar-refractivity contribution is 0.306. The molecule has 2 aromatic rings. The van der Waals surface area contributed by atoms with Crippen LogP contribution in [0.1, 0.15) is 39.0 Å². The van der Waals surface area contributed by atoms with Crippen LogP contribution in [0.2, 0.25) is 0 Å². The molecule has 19 heavy (non-hydrogen) atoms. The van der Waals surface area contributed by atoms with Crippen LogP contribution in [-0.4, -0.2) is 26.1 Å². The molecule has 2 N–H and O–H groups in total. The first-order valence-corrected chi connectivity index (χ1v) is 6.89. The van der Waals surface area contributed by atoms with E-state index in [2.05, 4.69) is 27.4 Å². The van der Waals surface area contributed by atoms with E-state index in [1.165, 1.54) is 42.8 Å². The Morgan fingerprint density at radius 1 is 1.47 bits per heavy atom. The van der Waals surface area contributed by atoms with Gasteiger partial charge in [0, 0.05) is 12.6 Å². The number of aromatic nitrogens is 4. The molecule has 0 amide bonds. The van der Waals surface area contributed by atoms with E-state index in [1.807, 2.05) is 0 Å². The number of hydrogen-bond donors (Lipinski definition) is 2. The molecule has 2 aromatic heterocycles. The Labute approximate surface area is 111 Å². The molecule has 1 aliphatic rings. The van der Waals surface area contributed by atoms with E-state index in [1.54, 1.807) is 6.07 Å². The maximum absolute atomic E-state index is 11.3. The van der Waals surface area contributed by atoms with Crippen molar-refractivity contribution in [3.8, 4) is 0 Å². The summed E-state index contributed by atoms with van der Waals surface area (Å²) in [6.45, 7) is 3.21. The fraction of sp³-hybridized carbons (Fsp3) is 0.615. The fourth-order valence-corrected chi connectivity index (χ4v) is 2.96. The van der Waals surface area contributed by atoms with Crippen molar-refractivity contribution in [2.24, 2.45) is 5.41 Å². The standard InChI is InChI=1S/C13H19N5O/c1-2-13(5-3-4-6-13)8-14-10-7-11-16-17-12(19)18(11)9-15-10/h7,9,14H,2-6,8H2,1H3,(H,17,19). The van der Waals surface area contributed by atoms with Crippen molar-refractivity contribution >= 4 is 11.5 Å². The van der Waals surface area contributed by atoms with Gasteiger partial charge in [-0.25, -0.2) is 19.3 Å². The molecule has 0 aliphatic heterocycles. The Bertz CT molecular complexity index is 623. The summed E-state index contributed by atoms with van der Waals surface area (Å²) >= 11 is 0. The second kappa shape index (κ2) is 4.68. The van der Waals surface area contributed by atoms with Gasteiger partial charge in [0.2, 0.25) is 0 Å². The molecule has 0 saturated heterocycles. The predicted octanol–water partition coefficient (Wildman–Crippen LogP) is 1.80. The molecule has 0 spiro atoms. The highest BCUT2D eigenvalue weighted by molar-refractivity contribution is 5.48. The average molecular weight is 261 g/mol. The van der Waals surface area contributed by atoms with Crippen LogP contribution in [0.3, 0.4) is 0 Å². The summed E-state index contributed by atoms with van der Waals surface area (Å²) in [5, 5.41) is 9.75. The zero-order valence-corrected chi connectivity index (χ0v) is 11.1. The van der Waals surface area contributed by atoms with Crippen molar-refractivity contribution < 1.29 is 0 Å². The van der Waals surface area contributed by atoms with Crippen LogP contribution in [0.15, 0.2) is 17.2 Å². The summed E-state index contributed by atoms with van der Waals surface area (Å²) in [7, 11) is 0. The molecule has 1 saturated carbocycles. The number of aromatic amines is 1. The Balaban J connectivity index is 1.76. The Kier molecular flexibility index (Phi) is 3.00. The van der Waals surface area contributed by atoms with E-state index < -0.39 is 0 Å². The highest BCUT2D eigenvalue weighted by Crippen LogP contribution is 2.40. The molecular formula is C13H19N5O. The van der Waals surface area contributed by atoms with E-state index in [0.29, 0.717) is 11.1 Å². The molecule has 6 nitrogen and oxygen atoms in total. The van der Waals surface area contributed by atoms with E-state index in [4.69, 9.17) is 0 Å². The molecule has 0 aromatic carbocycles. The van der Waals surface area contributed by atoms with Gasteiger partial charge < -0.3 is 5.32 Å². The lowest BCUT2D eigenvalue weighted by Crippen LogP contribution is -2.26. The third kappa shape index (κ3) is 2.22. The first kappa shape index (κ1) is 12.2. The number of nitrogens with one attached hydrogen (secondary N) is 2. The monoisotopic (exact) mass is 261 g/mol. The molecule has 1 aliphatic carbocycles. The minimum Gasteiger partial charge on any atom is -0.369 e. The number of rotatable bonds is 4. The van der Waals surface area contributed by atoms with E-state index >= 15 is 0 Å². The largest absolute Gasteiger partial charge is 0.369 e. The fourth-order valence-electron chi connectivity index (χ4n) is 2.96. The average Bonchev–Trinajstić information content (AvgIpc) is 3.05. The smallest absolute Gasteiger partial charge is 0.348 e. The Morgan fingerprint density at radius 3 is 3.00 bits per heavy atom. The maximum atomic E-state index is 11.3. The van der Waals surface area contributed by atoms with Gasteiger partial charge in [0.1, 0.15) is 12.1 Å². The maximum Gasteiger partial charge on any atom is 0.348 e. The quantitative estimate of drug-likeness (QED) is 0.880. The van der Waals surface area contributed by atoms with Gasteiger partial charge in [-0.2, -0.15) is 5.10 Å². The van der Waals surface area contributed by atoms with Crippen LogP contribution < -0.4 is 11.0 Å². The molecule has 0 bridgehead atoms. The summed E-state index contributed by atoms with van der Waals surface area (Å²) in [5.74, 6) is 0.784. The summed E-state index contributed by atoms with van der Waals surface area (Å²) in [5.41, 5.74) is 0.758. The molecule has 6 heteroatoms. The van der Waals surface area contributed by atoms with E-state index in [0.717, 1.165) is 12.4 Å². The van der Waals surface area contributed by atoms with Crippen LogP contribution in [0.4, 0.5) is 5.82 Å². The van der Waals surface area contributed by atoms with Gasteiger partial charge in [0.15, 0.2) is 5.65 Å². The highest BCUT2D eigenvalue weighted by Gasteiger charge is 2.31. The zero-order chi connectivity index (χ0) is 13.3. The molecule has 1 fully saturated rings. The van der Waals surface area contributed by atoms with Crippen molar-refractivity contribution in [3.05, 3.63) is 22.9 Å². The van der Waals surface area contributed by atoms with Gasteiger partial charge >= 0.3 is 5.69 Å². The van der Waals surface area contributed by atoms with Crippen molar-refractivity contribution in [1.82, 2.24) is 19.6 Å².